The van der Waals surface area contributed by atoms with Gasteiger partial charge in [-0.1, -0.05) is 0 Å². The van der Waals surface area contributed by atoms with Gasteiger partial charge in [0.2, 0.25) is 5.13 Å². The summed E-state index contributed by atoms with van der Waals surface area (Å²) >= 11 is 2.68. The molecular weight excluding hydrogens is 324 g/mol. The van der Waals surface area contributed by atoms with Gasteiger partial charge in [0.05, 0.1) is 10.8 Å². The van der Waals surface area contributed by atoms with Gasteiger partial charge in [0.25, 0.3) is 0 Å². The van der Waals surface area contributed by atoms with Crippen LogP contribution in [0, 0.1) is 12.8 Å². The maximum absolute atomic E-state index is 12.1. The molecule has 116 valence electrons. The summed E-state index contributed by atoms with van der Waals surface area (Å²) in [7, 11) is 0. The van der Waals surface area contributed by atoms with E-state index in [0.29, 0.717) is 23.9 Å². The SMILES string of the molecule is Cc1ccsc1-c1nsc(NC(=O)N2CCC(C(=O)O)C2)n1. The van der Waals surface area contributed by atoms with Gasteiger partial charge in [0, 0.05) is 24.6 Å². The number of aliphatic carboxylic acids is 1. The molecule has 1 atom stereocenters. The van der Waals surface area contributed by atoms with Crippen LogP contribution in [0.2, 0.25) is 0 Å². The van der Waals surface area contributed by atoms with Crippen LogP contribution in [0.4, 0.5) is 9.93 Å². The lowest BCUT2D eigenvalue weighted by atomic mass is 10.1. The van der Waals surface area contributed by atoms with Crippen molar-refractivity contribution in [2.24, 2.45) is 5.92 Å². The van der Waals surface area contributed by atoms with Crippen LogP contribution in [0.25, 0.3) is 10.7 Å². The first-order valence-corrected chi connectivity index (χ1v) is 8.37. The molecule has 0 aliphatic carbocycles. The molecule has 7 nitrogen and oxygen atoms in total. The van der Waals surface area contributed by atoms with E-state index < -0.39 is 11.9 Å². The molecule has 2 aromatic rings. The van der Waals surface area contributed by atoms with Gasteiger partial charge in [-0.25, -0.2) is 4.79 Å². The quantitative estimate of drug-likeness (QED) is 0.896. The average Bonchev–Trinajstić information content (AvgIpc) is 3.17. The fourth-order valence-electron chi connectivity index (χ4n) is 2.29. The minimum Gasteiger partial charge on any atom is -0.481 e. The van der Waals surface area contributed by atoms with Gasteiger partial charge < -0.3 is 10.0 Å². The molecule has 0 saturated carbocycles. The molecule has 0 spiro atoms. The van der Waals surface area contributed by atoms with Crippen molar-refractivity contribution in [3.05, 3.63) is 17.0 Å². The molecule has 22 heavy (non-hydrogen) atoms. The first kappa shape index (κ1) is 14.9. The van der Waals surface area contributed by atoms with Crippen molar-refractivity contribution in [2.75, 3.05) is 18.4 Å². The van der Waals surface area contributed by atoms with E-state index in [1.165, 1.54) is 4.90 Å². The number of hydrogen-bond donors (Lipinski definition) is 2. The van der Waals surface area contributed by atoms with E-state index in [-0.39, 0.29) is 12.6 Å². The third kappa shape index (κ3) is 2.95. The Hall–Kier alpha value is -2.00. The minimum atomic E-state index is -0.860. The molecule has 3 heterocycles. The summed E-state index contributed by atoms with van der Waals surface area (Å²) in [6, 6.07) is 1.67. The number of carboxylic acid groups (broad SMARTS) is 1. The summed E-state index contributed by atoms with van der Waals surface area (Å²) in [4.78, 5) is 29.8. The summed E-state index contributed by atoms with van der Waals surface area (Å²) in [5.41, 5.74) is 1.10. The zero-order valence-corrected chi connectivity index (χ0v) is 13.4. The smallest absolute Gasteiger partial charge is 0.323 e. The molecule has 0 bridgehead atoms. The number of amides is 2. The first-order valence-electron chi connectivity index (χ1n) is 6.71. The van der Waals surface area contributed by atoms with Crippen molar-refractivity contribution in [1.82, 2.24) is 14.3 Å². The Kier molecular flexibility index (Phi) is 4.08. The van der Waals surface area contributed by atoms with E-state index in [0.717, 1.165) is 22.0 Å². The lowest BCUT2D eigenvalue weighted by Crippen LogP contribution is -2.33. The fourth-order valence-corrected chi connectivity index (χ4v) is 3.77. The normalized spacial score (nSPS) is 17.7. The molecule has 2 aromatic heterocycles. The predicted octanol–water partition coefficient (Wildman–Crippen LogP) is 2.51. The highest BCUT2D eigenvalue weighted by atomic mass is 32.1. The van der Waals surface area contributed by atoms with Gasteiger partial charge in [-0.3, -0.25) is 10.1 Å². The van der Waals surface area contributed by atoms with Crippen molar-refractivity contribution in [3.8, 4) is 10.7 Å². The maximum Gasteiger partial charge on any atom is 0.323 e. The monoisotopic (exact) mass is 338 g/mol. The zero-order chi connectivity index (χ0) is 15.7. The Bertz CT molecular complexity index is 712. The van der Waals surface area contributed by atoms with Crippen molar-refractivity contribution in [3.63, 3.8) is 0 Å². The van der Waals surface area contributed by atoms with Gasteiger partial charge in [-0.15, -0.1) is 11.3 Å². The van der Waals surface area contributed by atoms with Crippen LogP contribution >= 0.6 is 22.9 Å². The third-order valence-corrected chi connectivity index (χ3v) is 5.17. The molecule has 1 unspecified atom stereocenters. The fraction of sp³-hybridized carbons (Fsp3) is 0.385. The van der Waals surface area contributed by atoms with Crippen molar-refractivity contribution >= 4 is 40.0 Å². The van der Waals surface area contributed by atoms with Gasteiger partial charge >= 0.3 is 12.0 Å². The topological polar surface area (TPSA) is 95.4 Å². The highest BCUT2D eigenvalue weighted by Gasteiger charge is 2.31. The van der Waals surface area contributed by atoms with E-state index in [1.54, 1.807) is 11.3 Å². The van der Waals surface area contributed by atoms with Crippen molar-refractivity contribution < 1.29 is 14.7 Å². The summed E-state index contributed by atoms with van der Waals surface area (Å²) < 4.78 is 4.26. The van der Waals surface area contributed by atoms with Crippen LogP contribution in [0.5, 0.6) is 0 Å². The Balaban J connectivity index is 1.65. The lowest BCUT2D eigenvalue weighted by Gasteiger charge is -2.15. The number of aromatic nitrogens is 2. The Morgan fingerprint density at radius 3 is 2.95 bits per heavy atom. The summed E-state index contributed by atoms with van der Waals surface area (Å²) in [6.07, 6.45) is 0.485. The average molecular weight is 338 g/mol. The van der Waals surface area contributed by atoms with Gasteiger partial charge in [-0.05, 0) is 30.4 Å². The molecule has 3 rings (SSSR count). The standard InChI is InChI=1S/C13H14N4O3S2/c1-7-3-5-21-9(7)10-14-12(22-16-10)15-13(20)17-4-2-8(6-17)11(18)19/h3,5,8H,2,4,6H2,1H3,(H,18,19)(H,14,15,16,20). The number of likely N-dealkylation sites (tertiary alicyclic amines) is 1. The highest BCUT2D eigenvalue weighted by molar-refractivity contribution is 7.14. The van der Waals surface area contributed by atoms with Crippen LogP contribution in [0.3, 0.4) is 0 Å². The number of urea groups is 1. The molecule has 0 radical (unpaired) electrons. The summed E-state index contributed by atoms with van der Waals surface area (Å²) in [5, 5.41) is 14.0. The molecule has 1 fully saturated rings. The van der Waals surface area contributed by atoms with E-state index in [9.17, 15) is 9.59 Å². The van der Waals surface area contributed by atoms with Gasteiger partial charge in [-0.2, -0.15) is 9.36 Å². The first-order chi connectivity index (χ1) is 10.5. The number of anilines is 1. The number of nitrogens with zero attached hydrogens (tertiary/aromatic N) is 3. The van der Waals surface area contributed by atoms with Crippen LogP contribution in [0.1, 0.15) is 12.0 Å². The number of carboxylic acids is 1. The molecule has 2 N–H and O–H groups in total. The molecule has 2 amide bonds. The molecule has 1 saturated heterocycles. The van der Waals surface area contributed by atoms with E-state index in [4.69, 9.17) is 5.11 Å². The third-order valence-electron chi connectivity index (χ3n) is 3.53. The van der Waals surface area contributed by atoms with Crippen molar-refractivity contribution in [1.29, 1.82) is 0 Å². The second-order valence-corrected chi connectivity index (χ2v) is 6.72. The van der Waals surface area contributed by atoms with Crippen molar-refractivity contribution in [2.45, 2.75) is 13.3 Å². The largest absolute Gasteiger partial charge is 0.481 e. The Morgan fingerprint density at radius 2 is 2.32 bits per heavy atom. The summed E-state index contributed by atoms with van der Waals surface area (Å²) in [6.45, 7) is 2.66. The van der Waals surface area contributed by atoms with E-state index in [1.807, 2.05) is 18.4 Å². The second-order valence-electron chi connectivity index (χ2n) is 5.06. The van der Waals surface area contributed by atoms with Crippen LogP contribution in [0.15, 0.2) is 11.4 Å². The van der Waals surface area contributed by atoms with Gasteiger partial charge in [0.1, 0.15) is 0 Å². The molecule has 1 aliphatic rings. The lowest BCUT2D eigenvalue weighted by molar-refractivity contribution is -0.141. The Morgan fingerprint density at radius 1 is 1.50 bits per heavy atom. The minimum absolute atomic E-state index is 0.233. The second kappa shape index (κ2) is 6.01. The number of rotatable bonds is 3. The number of carbonyl (C=O) groups excluding carboxylic acids is 1. The van der Waals surface area contributed by atoms with Crippen LogP contribution in [-0.4, -0.2) is 44.5 Å². The molecule has 9 heteroatoms. The predicted molar refractivity (Wildman–Crippen MR) is 84.3 cm³/mol. The van der Waals surface area contributed by atoms with Gasteiger partial charge in [0.15, 0.2) is 5.82 Å². The van der Waals surface area contributed by atoms with Crippen LogP contribution in [-0.2, 0) is 4.79 Å². The number of aryl methyl sites for hydroxylation is 1. The molecular formula is C13H14N4O3S2. The Labute approximate surface area is 134 Å². The van der Waals surface area contributed by atoms with Crippen LogP contribution < -0.4 is 5.32 Å². The zero-order valence-electron chi connectivity index (χ0n) is 11.8. The number of hydrogen-bond acceptors (Lipinski definition) is 6. The number of carbonyl (C=O) groups is 2. The number of nitrogens with one attached hydrogen (secondary N) is 1. The maximum atomic E-state index is 12.1. The summed E-state index contributed by atoms with van der Waals surface area (Å²) in [5.74, 6) is -0.733. The molecule has 1 aliphatic heterocycles. The van der Waals surface area contributed by atoms with E-state index in [2.05, 4.69) is 14.7 Å². The number of thiophene rings is 1. The highest BCUT2D eigenvalue weighted by Crippen LogP contribution is 2.29. The molecule has 0 aromatic carbocycles. The van der Waals surface area contributed by atoms with E-state index >= 15 is 0 Å².